The van der Waals surface area contributed by atoms with Crippen molar-refractivity contribution in [1.82, 2.24) is 0 Å². The molecule has 0 aliphatic heterocycles. The molecule has 1 heterocycles. The van der Waals surface area contributed by atoms with Crippen LogP contribution in [0.5, 0.6) is 5.75 Å². The molecule has 0 atom stereocenters. The third-order valence-electron chi connectivity index (χ3n) is 4.84. The van der Waals surface area contributed by atoms with Crippen LogP contribution >= 0.6 is 11.3 Å². The SMILES string of the molecule is CCCC(CCC)c1ccc(OCc2ccc(-c3ccsc3)cc2)cc1. The molecule has 0 spiro atoms. The minimum absolute atomic E-state index is 0.608. The molecule has 2 heteroatoms. The third-order valence-corrected chi connectivity index (χ3v) is 5.52. The van der Waals surface area contributed by atoms with Crippen molar-refractivity contribution in [2.45, 2.75) is 52.1 Å². The molecular weight excluding hydrogens is 336 g/mol. The second-order valence-electron chi connectivity index (χ2n) is 6.84. The lowest BCUT2D eigenvalue weighted by Gasteiger charge is -2.16. The van der Waals surface area contributed by atoms with E-state index in [1.165, 1.54) is 47.9 Å². The zero-order valence-corrected chi connectivity index (χ0v) is 16.6. The van der Waals surface area contributed by atoms with Crippen LogP contribution in [0.1, 0.15) is 56.6 Å². The average molecular weight is 365 g/mol. The van der Waals surface area contributed by atoms with Gasteiger partial charge in [-0.2, -0.15) is 11.3 Å². The Hall–Kier alpha value is -2.06. The van der Waals surface area contributed by atoms with E-state index in [4.69, 9.17) is 4.74 Å². The Balaban J connectivity index is 1.57. The van der Waals surface area contributed by atoms with Crippen molar-refractivity contribution in [3.05, 3.63) is 76.5 Å². The number of hydrogen-bond donors (Lipinski definition) is 0. The van der Waals surface area contributed by atoms with Crippen molar-refractivity contribution < 1.29 is 4.74 Å². The van der Waals surface area contributed by atoms with Gasteiger partial charge >= 0.3 is 0 Å². The molecule has 0 fully saturated rings. The normalized spacial score (nSPS) is 11.0. The van der Waals surface area contributed by atoms with Gasteiger partial charge in [0, 0.05) is 0 Å². The van der Waals surface area contributed by atoms with Crippen molar-refractivity contribution in [3.8, 4) is 16.9 Å². The largest absolute Gasteiger partial charge is 0.489 e. The van der Waals surface area contributed by atoms with Gasteiger partial charge in [-0.05, 0) is 70.0 Å². The van der Waals surface area contributed by atoms with Crippen LogP contribution in [0.25, 0.3) is 11.1 Å². The number of benzene rings is 2. The van der Waals surface area contributed by atoms with E-state index in [2.05, 4.69) is 79.2 Å². The molecule has 0 saturated carbocycles. The van der Waals surface area contributed by atoms with Crippen LogP contribution < -0.4 is 4.74 Å². The minimum Gasteiger partial charge on any atom is -0.489 e. The Labute approximate surface area is 161 Å². The van der Waals surface area contributed by atoms with Crippen LogP contribution in [0, 0.1) is 0 Å². The predicted molar refractivity (Wildman–Crippen MR) is 113 cm³/mol. The molecule has 0 aliphatic carbocycles. The van der Waals surface area contributed by atoms with Crippen molar-refractivity contribution in [2.24, 2.45) is 0 Å². The van der Waals surface area contributed by atoms with Crippen LogP contribution in [0.3, 0.4) is 0 Å². The van der Waals surface area contributed by atoms with Crippen molar-refractivity contribution in [3.63, 3.8) is 0 Å². The molecule has 0 saturated heterocycles. The molecule has 0 radical (unpaired) electrons. The summed E-state index contributed by atoms with van der Waals surface area (Å²) in [5, 5.41) is 4.29. The van der Waals surface area contributed by atoms with Crippen molar-refractivity contribution in [2.75, 3.05) is 0 Å². The highest BCUT2D eigenvalue weighted by molar-refractivity contribution is 7.08. The topological polar surface area (TPSA) is 9.23 Å². The lowest BCUT2D eigenvalue weighted by Crippen LogP contribution is -1.99. The van der Waals surface area contributed by atoms with E-state index in [1.807, 2.05) is 0 Å². The highest BCUT2D eigenvalue weighted by atomic mass is 32.1. The summed E-state index contributed by atoms with van der Waals surface area (Å²) in [4.78, 5) is 0. The van der Waals surface area contributed by atoms with E-state index in [9.17, 15) is 0 Å². The summed E-state index contributed by atoms with van der Waals surface area (Å²) in [5.74, 6) is 1.63. The summed E-state index contributed by atoms with van der Waals surface area (Å²) in [6, 6.07) is 19.5. The molecule has 136 valence electrons. The molecular formula is C24H28OS. The first-order valence-electron chi connectivity index (χ1n) is 9.64. The van der Waals surface area contributed by atoms with Gasteiger partial charge in [-0.15, -0.1) is 0 Å². The molecule has 1 nitrogen and oxygen atoms in total. The van der Waals surface area contributed by atoms with Crippen molar-refractivity contribution in [1.29, 1.82) is 0 Å². The maximum absolute atomic E-state index is 5.98. The molecule has 26 heavy (non-hydrogen) atoms. The Bertz CT molecular complexity index is 751. The minimum atomic E-state index is 0.608. The van der Waals surface area contributed by atoms with Gasteiger partial charge in [0.05, 0.1) is 0 Å². The fourth-order valence-corrected chi connectivity index (χ4v) is 4.06. The smallest absolute Gasteiger partial charge is 0.119 e. The predicted octanol–water partition coefficient (Wildman–Crippen LogP) is 7.68. The quantitative estimate of drug-likeness (QED) is 0.378. The van der Waals surface area contributed by atoms with Gasteiger partial charge < -0.3 is 4.74 Å². The Morgan fingerprint density at radius 1 is 0.808 bits per heavy atom. The fourth-order valence-electron chi connectivity index (χ4n) is 3.40. The number of ether oxygens (including phenoxy) is 1. The molecule has 0 unspecified atom stereocenters. The summed E-state index contributed by atoms with van der Waals surface area (Å²) in [6.07, 6.45) is 5.02. The monoisotopic (exact) mass is 364 g/mol. The zero-order valence-electron chi connectivity index (χ0n) is 15.8. The van der Waals surface area contributed by atoms with Gasteiger partial charge in [0.15, 0.2) is 0 Å². The summed E-state index contributed by atoms with van der Waals surface area (Å²) in [5.41, 5.74) is 5.19. The van der Waals surface area contributed by atoms with E-state index in [-0.39, 0.29) is 0 Å². The van der Waals surface area contributed by atoms with Gasteiger partial charge in [-0.1, -0.05) is 63.1 Å². The fraction of sp³-hybridized carbons (Fsp3) is 0.333. The highest BCUT2D eigenvalue weighted by Crippen LogP contribution is 2.28. The van der Waals surface area contributed by atoms with Crippen LogP contribution in [0.15, 0.2) is 65.4 Å². The van der Waals surface area contributed by atoms with Gasteiger partial charge in [-0.25, -0.2) is 0 Å². The van der Waals surface area contributed by atoms with Gasteiger partial charge in [0.1, 0.15) is 12.4 Å². The summed E-state index contributed by atoms with van der Waals surface area (Å²) >= 11 is 1.73. The lowest BCUT2D eigenvalue weighted by atomic mass is 9.90. The molecule has 2 aromatic carbocycles. The molecule has 3 aromatic rings. The first kappa shape index (κ1) is 18.7. The molecule has 1 aromatic heterocycles. The summed E-state index contributed by atoms with van der Waals surface area (Å²) in [6.45, 7) is 5.14. The highest BCUT2D eigenvalue weighted by Gasteiger charge is 2.09. The van der Waals surface area contributed by atoms with E-state index in [1.54, 1.807) is 11.3 Å². The van der Waals surface area contributed by atoms with E-state index in [0.717, 1.165) is 5.75 Å². The molecule has 0 aliphatic rings. The van der Waals surface area contributed by atoms with Crippen molar-refractivity contribution >= 4 is 11.3 Å². The summed E-state index contributed by atoms with van der Waals surface area (Å²) in [7, 11) is 0. The van der Waals surface area contributed by atoms with Gasteiger partial charge in [-0.3, -0.25) is 0 Å². The van der Waals surface area contributed by atoms with Crippen LogP contribution in [0.4, 0.5) is 0 Å². The average Bonchev–Trinajstić information content (AvgIpc) is 3.22. The lowest BCUT2D eigenvalue weighted by molar-refractivity contribution is 0.306. The van der Waals surface area contributed by atoms with Crippen LogP contribution in [-0.2, 0) is 6.61 Å². The number of hydrogen-bond acceptors (Lipinski definition) is 2. The first-order chi connectivity index (χ1) is 12.8. The molecule has 0 amide bonds. The molecule has 0 bridgehead atoms. The van der Waals surface area contributed by atoms with E-state index >= 15 is 0 Å². The Kier molecular flexibility index (Phi) is 6.90. The second kappa shape index (κ2) is 9.59. The Morgan fingerprint density at radius 3 is 2.08 bits per heavy atom. The van der Waals surface area contributed by atoms with Gasteiger partial charge in [0.25, 0.3) is 0 Å². The summed E-state index contributed by atoms with van der Waals surface area (Å²) < 4.78 is 5.98. The first-order valence-corrected chi connectivity index (χ1v) is 10.6. The maximum Gasteiger partial charge on any atom is 0.119 e. The zero-order chi connectivity index (χ0) is 18.2. The molecule has 3 rings (SSSR count). The number of thiophene rings is 1. The van der Waals surface area contributed by atoms with Gasteiger partial charge in [0.2, 0.25) is 0 Å². The third kappa shape index (κ3) is 4.98. The van der Waals surface area contributed by atoms with Crippen LogP contribution in [0.2, 0.25) is 0 Å². The standard InChI is InChI=1S/C24H28OS/c1-3-5-20(6-4-2)21-11-13-24(14-12-21)25-17-19-7-9-22(10-8-19)23-15-16-26-18-23/h7-16,18,20H,3-6,17H2,1-2H3. The van der Waals surface area contributed by atoms with E-state index in [0.29, 0.717) is 12.5 Å². The van der Waals surface area contributed by atoms with E-state index < -0.39 is 0 Å². The van der Waals surface area contributed by atoms with Crippen LogP contribution in [-0.4, -0.2) is 0 Å². The maximum atomic E-state index is 5.98. The number of rotatable bonds is 9. The second-order valence-corrected chi connectivity index (χ2v) is 7.62. The Morgan fingerprint density at radius 2 is 1.50 bits per heavy atom. The molecule has 0 N–H and O–H groups in total.